The highest BCUT2D eigenvalue weighted by molar-refractivity contribution is 5.98. The molecule has 0 saturated carbocycles. The summed E-state index contributed by atoms with van der Waals surface area (Å²) in [7, 11) is 1.71. The van der Waals surface area contributed by atoms with Gasteiger partial charge in [-0.1, -0.05) is 12.1 Å². The summed E-state index contributed by atoms with van der Waals surface area (Å²) >= 11 is 0. The lowest BCUT2D eigenvalue weighted by atomic mass is 10.2. The Morgan fingerprint density at radius 1 is 1.35 bits per heavy atom. The first-order chi connectivity index (χ1) is 8.09. The first kappa shape index (κ1) is 11.4. The zero-order chi connectivity index (χ0) is 12.4. The monoisotopic (exact) mass is 234 g/mol. The predicted molar refractivity (Wildman–Crippen MR) is 64.3 cm³/mol. The van der Waals surface area contributed by atoms with Crippen LogP contribution in [0.1, 0.15) is 6.42 Å². The number of anilines is 2. The number of carbonyl (C=O) groups is 2. The summed E-state index contributed by atoms with van der Waals surface area (Å²) in [4.78, 5) is 25.9. The molecule has 5 heteroatoms. The molecule has 0 unspecified atom stereocenters. The van der Waals surface area contributed by atoms with Crippen LogP contribution in [0.15, 0.2) is 24.3 Å². The van der Waals surface area contributed by atoms with Gasteiger partial charge in [-0.25, -0.2) is 0 Å². The predicted octanol–water partition coefficient (Wildman–Crippen LogP) is 0.944. The van der Waals surface area contributed by atoms with Crippen molar-refractivity contribution in [3.05, 3.63) is 24.3 Å². The molecule has 1 N–H and O–H groups in total. The number of hydrogen-bond acceptors (Lipinski definition) is 3. The zero-order valence-corrected chi connectivity index (χ0v) is 9.59. The highest BCUT2D eigenvalue weighted by Crippen LogP contribution is 2.31. The second kappa shape index (κ2) is 4.45. The van der Waals surface area contributed by atoms with Crippen molar-refractivity contribution in [1.82, 2.24) is 0 Å². The molecule has 0 radical (unpaired) electrons. The van der Waals surface area contributed by atoms with Crippen LogP contribution >= 0.6 is 0 Å². The first-order valence-corrected chi connectivity index (χ1v) is 5.42. The van der Waals surface area contributed by atoms with Crippen molar-refractivity contribution in [3.63, 3.8) is 0 Å². The van der Waals surface area contributed by atoms with Crippen molar-refractivity contribution in [1.29, 1.82) is 0 Å². The number of amides is 1. The Labute approximate surface area is 99.3 Å². The van der Waals surface area contributed by atoms with Gasteiger partial charge in [0, 0.05) is 20.0 Å². The van der Waals surface area contributed by atoms with Gasteiger partial charge in [0.2, 0.25) is 5.91 Å². The molecule has 5 nitrogen and oxygen atoms in total. The van der Waals surface area contributed by atoms with Crippen LogP contribution in [-0.4, -0.2) is 37.1 Å². The van der Waals surface area contributed by atoms with E-state index in [1.807, 2.05) is 24.3 Å². The van der Waals surface area contributed by atoms with E-state index >= 15 is 0 Å². The second-order valence-corrected chi connectivity index (χ2v) is 4.01. The van der Waals surface area contributed by atoms with Gasteiger partial charge in [0.1, 0.15) is 6.54 Å². The van der Waals surface area contributed by atoms with Crippen LogP contribution in [0, 0.1) is 0 Å². The SMILES string of the molecule is CN1C(=O)CCN(CC(=O)O)c2ccccc21. The summed E-state index contributed by atoms with van der Waals surface area (Å²) in [5.74, 6) is -0.887. The van der Waals surface area contributed by atoms with Crippen molar-refractivity contribution >= 4 is 23.3 Å². The summed E-state index contributed by atoms with van der Waals surface area (Å²) in [6.07, 6.45) is 0.332. The maximum atomic E-state index is 11.8. The molecule has 0 saturated heterocycles. The van der Waals surface area contributed by atoms with Crippen molar-refractivity contribution in [2.75, 3.05) is 29.9 Å². The fourth-order valence-corrected chi connectivity index (χ4v) is 2.00. The van der Waals surface area contributed by atoms with E-state index in [1.54, 1.807) is 16.8 Å². The smallest absolute Gasteiger partial charge is 0.323 e. The summed E-state index contributed by atoms with van der Waals surface area (Å²) < 4.78 is 0. The fraction of sp³-hybridized carbons (Fsp3) is 0.333. The van der Waals surface area contributed by atoms with E-state index in [9.17, 15) is 9.59 Å². The van der Waals surface area contributed by atoms with Crippen LogP contribution in [0.2, 0.25) is 0 Å². The maximum Gasteiger partial charge on any atom is 0.323 e. The lowest BCUT2D eigenvalue weighted by Gasteiger charge is -2.23. The molecule has 1 aliphatic rings. The van der Waals surface area contributed by atoms with Gasteiger partial charge in [0.25, 0.3) is 0 Å². The summed E-state index contributed by atoms with van der Waals surface area (Å²) in [5, 5.41) is 8.87. The van der Waals surface area contributed by atoms with Gasteiger partial charge in [-0.3, -0.25) is 9.59 Å². The van der Waals surface area contributed by atoms with Crippen LogP contribution in [0.4, 0.5) is 11.4 Å². The van der Waals surface area contributed by atoms with Crippen LogP contribution in [0.3, 0.4) is 0 Å². The Bertz CT molecular complexity index is 459. The van der Waals surface area contributed by atoms with E-state index in [2.05, 4.69) is 0 Å². The number of rotatable bonds is 2. The Hall–Kier alpha value is -2.04. The Morgan fingerprint density at radius 2 is 2.00 bits per heavy atom. The Balaban J connectivity index is 2.42. The van der Waals surface area contributed by atoms with Crippen molar-refractivity contribution in [2.45, 2.75) is 6.42 Å². The third-order valence-corrected chi connectivity index (χ3v) is 2.88. The normalized spacial score (nSPS) is 15.5. The van der Waals surface area contributed by atoms with E-state index < -0.39 is 5.97 Å². The number of para-hydroxylation sites is 2. The maximum absolute atomic E-state index is 11.8. The number of benzene rings is 1. The van der Waals surface area contributed by atoms with Gasteiger partial charge < -0.3 is 14.9 Å². The van der Waals surface area contributed by atoms with Gasteiger partial charge in [0.05, 0.1) is 11.4 Å². The molecule has 1 aromatic rings. The number of carboxylic acids is 1. The lowest BCUT2D eigenvalue weighted by molar-refractivity contribution is -0.135. The van der Waals surface area contributed by atoms with Crippen LogP contribution in [-0.2, 0) is 9.59 Å². The lowest BCUT2D eigenvalue weighted by Crippen LogP contribution is -2.30. The number of carboxylic acid groups (broad SMARTS) is 1. The number of fused-ring (bicyclic) bond motifs is 1. The number of carbonyl (C=O) groups excluding carboxylic acids is 1. The third kappa shape index (κ3) is 2.22. The first-order valence-electron chi connectivity index (χ1n) is 5.42. The summed E-state index contributed by atoms with van der Waals surface area (Å²) in [6.45, 7) is 0.352. The number of hydrogen-bond donors (Lipinski definition) is 1. The topological polar surface area (TPSA) is 60.9 Å². The Morgan fingerprint density at radius 3 is 2.65 bits per heavy atom. The van der Waals surface area contributed by atoms with Crippen molar-refractivity contribution < 1.29 is 14.7 Å². The van der Waals surface area contributed by atoms with Crippen LogP contribution < -0.4 is 9.80 Å². The average molecular weight is 234 g/mol. The molecule has 0 bridgehead atoms. The molecule has 0 aliphatic carbocycles. The number of aliphatic carboxylic acids is 1. The molecule has 1 heterocycles. The van der Waals surface area contributed by atoms with Gasteiger partial charge in [-0.2, -0.15) is 0 Å². The van der Waals surface area contributed by atoms with Crippen molar-refractivity contribution in [3.8, 4) is 0 Å². The van der Waals surface area contributed by atoms with Crippen LogP contribution in [0.5, 0.6) is 0 Å². The largest absolute Gasteiger partial charge is 0.480 e. The van der Waals surface area contributed by atoms with Gasteiger partial charge >= 0.3 is 5.97 Å². The molecule has 1 aromatic carbocycles. The minimum absolute atomic E-state index is 0.00494. The molecule has 0 aromatic heterocycles. The van der Waals surface area contributed by atoms with E-state index in [0.29, 0.717) is 13.0 Å². The van der Waals surface area contributed by atoms with Gasteiger partial charge in [-0.05, 0) is 12.1 Å². The van der Waals surface area contributed by atoms with E-state index in [-0.39, 0.29) is 12.5 Å². The van der Waals surface area contributed by atoms with Crippen molar-refractivity contribution in [2.24, 2.45) is 0 Å². The molecule has 0 atom stereocenters. The molecule has 1 aliphatic heterocycles. The zero-order valence-electron chi connectivity index (χ0n) is 9.59. The molecule has 90 valence electrons. The van der Waals surface area contributed by atoms with E-state index in [1.165, 1.54) is 0 Å². The molecule has 2 rings (SSSR count). The summed E-state index contributed by atoms with van der Waals surface area (Å²) in [6, 6.07) is 7.35. The third-order valence-electron chi connectivity index (χ3n) is 2.88. The van der Waals surface area contributed by atoms with Gasteiger partial charge in [-0.15, -0.1) is 0 Å². The molecular weight excluding hydrogens is 220 g/mol. The van der Waals surface area contributed by atoms with E-state index in [4.69, 9.17) is 5.11 Å². The molecule has 1 amide bonds. The molecular formula is C12H14N2O3. The quantitative estimate of drug-likeness (QED) is 0.827. The highest BCUT2D eigenvalue weighted by atomic mass is 16.4. The summed E-state index contributed by atoms with van der Waals surface area (Å²) in [5.41, 5.74) is 1.56. The minimum atomic E-state index is -0.892. The fourth-order valence-electron chi connectivity index (χ4n) is 2.00. The highest BCUT2D eigenvalue weighted by Gasteiger charge is 2.24. The molecule has 0 fully saturated rings. The number of nitrogens with zero attached hydrogens (tertiary/aromatic N) is 2. The second-order valence-electron chi connectivity index (χ2n) is 4.01. The average Bonchev–Trinajstić information content (AvgIpc) is 2.42. The van der Waals surface area contributed by atoms with Crippen LogP contribution in [0.25, 0.3) is 0 Å². The molecule has 17 heavy (non-hydrogen) atoms. The Kier molecular flexibility index (Phi) is 2.99. The molecule has 0 spiro atoms. The standard InChI is InChI=1S/C12H14N2O3/c1-13-9-4-2-3-5-10(9)14(8-12(16)17)7-6-11(13)15/h2-5H,6-8H2,1H3,(H,16,17). The minimum Gasteiger partial charge on any atom is -0.480 e. The van der Waals surface area contributed by atoms with Gasteiger partial charge in [0.15, 0.2) is 0 Å². The van der Waals surface area contributed by atoms with E-state index in [0.717, 1.165) is 11.4 Å².